The number of nitrogens with one attached hydrogen (secondary N) is 1. The number of nitrogens with zero attached hydrogens (tertiary/aromatic N) is 2. The van der Waals surface area contributed by atoms with Crippen molar-refractivity contribution < 1.29 is 18.0 Å². The van der Waals surface area contributed by atoms with E-state index in [1.165, 1.54) is 12.1 Å². The fraction of sp³-hybridized carbons (Fsp3) is 0.381. The molecule has 0 bridgehead atoms. The fourth-order valence-corrected chi connectivity index (χ4v) is 4.06. The molecule has 1 unspecified atom stereocenters. The molecule has 1 saturated heterocycles. The molecule has 2 aliphatic rings. The molecular formula is C21H22F3N3O. The van der Waals surface area contributed by atoms with Crippen LogP contribution >= 0.6 is 0 Å². The van der Waals surface area contributed by atoms with Gasteiger partial charge in [-0.05, 0) is 61.6 Å². The molecule has 1 N–H and O–H groups in total. The van der Waals surface area contributed by atoms with Crippen LogP contribution < -0.4 is 10.2 Å². The number of carbonyl (C=O) groups is 1. The van der Waals surface area contributed by atoms with E-state index < -0.39 is 17.7 Å². The van der Waals surface area contributed by atoms with Crippen molar-refractivity contribution in [3.8, 4) is 0 Å². The number of urea groups is 1. The summed E-state index contributed by atoms with van der Waals surface area (Å²) in [6, 6.07) is 6.29. The summed E-state index contributed by atoms with van der Waals surface area (Å²) < 4.78 is 42.5. The highest BCUT2D eigenvalue weighted by Gasteiger charge is 2.28. The zero-order valence-corrected chi connectivity index (χ0v) is 15.6. The van der Waals surface area contributed by atoms with E-state index in [2.05, 4.69) is 5.32 Å². The molecule has 7 heteroatoms. The highest BCUT2D eigenvalue weighted by molar-refractivity contribution is 5.90. The molecule has 2 aliphatic heterocycles. The molecule has 4 nitrogen and oxygen atoms in total. The number of rotatable bonds is 2. The lowest BCUT2D eigenvalue weighted by Crippen LogP contribution is -2.44. The molecular weight excluding hydrogens is 367 g/mol. The first-order chi connectivity index (χ1) is 13.4. The summed E-state index contributed by atoms with van der Waals surface area (Å²) in [6.45, 7) is 3.39. The lowest BCUT2D eigenvalue weighted by atomic mass is 9.95. The van der Waals surface area contributed by atoms with Crippen molar-refractivity contribution in [2.24, 2.45) is 0 Å². The predicted molar refractivity (Wildman–Crippen MR) is 102 cm³/mol. The van der Waals surface area contributed by atoms with E-state index in [0.717, 1.165) is 36.1 Å². The molecule has 1 fully saturated rings. The van der Waals surface area contributed by atoms with E-state index >= 15 is 0 Å². The standard InChI is InChI=1S/C21H22F3N3O/c1-13-8-14-4-5-16(22)9-15(14)12-27(13)21(28)25-17-10-18(23)20(19(24)11-17)26-6-2-3-7-26/h4-5,9-11,13H,2-3,6-8,12H2,1H3,(H,25,28). The first-order valence-corrected chi connectivity index (χ1v) is 9.51. The average Bonchev–Trinajstić information content (AvgIpc) is 3.15. The lowest BCUT2D eigenvalue weighted by molar-refractivity contribution is 0.182. The first-order valence-electron chi connectivity index (χ1n) is 9.51. The molecule has 0 spiro atoms. The molecule has 2 amide bonds. The molecule has 2 aromatic rings. The summed E-state index contributed by atoms with van der Waals surface area (Å²) in [5.74, 6) is -1.72. The monoisotopic (exact) mass is 389 g/mol. The largest absolute Gasteiger partial charge is 0.367 e. The first kappa shape index (κ1) is 18.7. The Balaban J connectivity index is 1.52. The van der Waals surface area contributed by atoms with Gasteiger partial charge in [-0.1, -0.05) is 6.07 Å². The molecule has 0 saturated carbocycles. The van der Waals surface area contributed by atoms with Crippen molar-refractivity contribution in [3.05, 3.63) is 58.9 Å². The van der Waals surface area contributed by atoms with Gasteiger partial charge in [-0.25, -0.2) is 18.0 Å². The van der Waals surface area contributed by atoms with Gasteiger partial charge in [0.2, 0.25) is 0 Å². The maximum absolute atomic E-state index is 14.5. The third kappa shape index (κ3) is 3.53. The molecule has 0 aromatic heterocycles. The number of halogens is 3. The number of hydrogen-bond acceptors (Lipinski definition) is 2. The van der Waals surface area contributed by atoms with Crippen LogP contribution in [0.5, 0.6) is 0 Å². The second kappa shape index (κ2) is 7.37. The van der Waals surface area contributed by atoms with Crippen LogP contribution in [0.2, 0.25) is 0 Å². The smallest absolute Gasteiger partial charge is 0.322 e. The van der Waals surface area contributed by atoms with Gasteiger partial charge in [0, 0.05) is 31.4 Å². The molecule has 2 heterocycles. The van der Waals surface area contributed by atoms with Crippen LogP contribution in [0.4, 0.5) is 29.3 Å². The van der Waals surface area contributed by atoms with E-state index in [0.29, 0.717) is 19.5 Å². The van der Waals surface area contributed by atoms with Crippen LogP contribution in [0.1, 0.15) is 30.9 Å². The third-order valence-electron chi connectivity index (χ3n) is 5.51. The summed E-state index contributed by atoms with van der Waals surface area (Å²) >= 11 is 0. The van der Waals surface area contributed by atoms with Crippen molar-refractivity contribution >= 4 is 17.4 Å². The Bertz CT molecular complexity index is 889. The zero-order valence-electron chi connectivity index (χ0n) is 15.6. The van der Waals surface area contributed by atoms with Crippen molar-refractivity contribution in [2.45, 2.75) is 38.8 Å². The Labute approximate surface area is 161 Å². The molecule has 2 aromatic carbocycles. The van der Waals surface area contributed by atoms with Crippen LogP contribution in [0.3, 0.4) is 0 Å². The minimum Gasteiger partial charge on any atom is -0.367 e. The highest BCUT2D eigenvalue weighted by Crippen LogP contribution is 2.30. The van der Waals surface area contributed by atoms with Crippen molar-refractivity contribution in [2.75, 3.05) is 23.3 Å². The number of carbonyl (C=O) groups excluding carboxylic acids is 1. The fourth-order valence-electron chi connectivity index (χ4n) is 4.06. The SMILES string of the molecule is CC1Cc2ccc(F)cc2CN1C(=O)Nc1cc(F)c(N2CCCC2)c(F)c1. The quantitative estimate of drug-likeness (QED) is 0.809. The van der Waals surface area contributed by atoms with Crippen LogP contribution in [0.25, 0.3) is 0 Å². The van der Waals surface area contributed by atoms with Crippen LogP contribution in [-0.2, 0) is 13.0 Å². The van der Waals surface area contributed by atoms with Crippen molar-refractivity contribution in [1.82, 2.24) is 4.90 Å². The van der Waals surface area contributed by atoms with Gasteiger partial charge >= 0.3 is 6.03 Å². The number of fused-ring (bicyclic) bond motifs is 1. The second-order valence-electron chi connectivity index (χ2n) is 7.51. The average molecular weight is 389 g/mol. The lowest BCUT2D eigenvalue weighted by Gasteiger charge is -2.35. The van der Waals surface area contributed by atoms with E-state index in [4.69, 9.17) is 0 Å². The minimum absolute atomic E-state index is 0.0359. The summed E-state index contributed by atoms with van der Waals surface area (Å²) in [4.78, 5) is 15.9. The predicted octanol–water partition coefficient (Wildman–Crippen LogP) is 4.68. The summed E-state index contributed by atoms with van der Waals surface area (Å²) in [7, 11) is 0. The zero-order chi connectivity index (χ0) is 19.8. The van der Waals surface area contributed by atoms with Gasteiger partial charge in [-0.15, -0.1) is 0 Å². The van der Waals surface area contributed by atoms with Crippen LogP contribution in [0.15, 0.2) is 30.3 Å². The molecule has 4 rings (SSSR count). The van der Waals surface area contributed by atoms with Gasteiger partial charge in [-0.2, -0.15) is 0 Å². The summed E-state index contributed by atoms with van der Waals surface area (Å²) in [5, 5.41) is 2.58. The summed E-state index contributed by atoms with van der Waals surface area (Å²) in [5.41, 5.74) is 1.78. The summed E-state index contributed by atoms with van der Waals surface area (Å²) in [6.07, 6.45) is 2.41. The van der Waals surface area contributed by atoms with Gasteiger partial charge in [0.15, 0.2) is 11.6 Å². The second-order valence-corrected chi connectivity index (χ2v) is 7.51. The molecule has 0 aliphatic carbocycles. The topological polar surface area (TPSA) is 35.6 Å². The van der Waals surface area contributed by atoms with Crippen molar-refractivity contribution in [3.63, 3.8) is 0 Å². The minimum atomic E-state index is -0.684. The molecule has 28 heavy (non-hydrogen) atoms. The van der Waals surface area contributed by atoms with Gasteiger partial charge < -0.3 is 15.1 Å². The van der Waals surface area contributed by atoms with Gasteiger partial charge in [0.05, 0.1) is 0 Å². The Morgan fingerprint density at radius 2 is 1.71 bits per heavy atom. The number of benzene rings is 2. The Morgan fingerprint density at radius 1 is 1.04 bits per heavy atom. The van der Waals surface area contributed by atoms with Gasteiger partial charge in [0.25, 0.3) is 0 Å². The van der Waals surface area contributed by atoms with E-state index in [1.807, 2.05) is 6.92 Å². The van der Waals surface area contributed by atoms with E-state index in [9.17, 15) is 18.0 Å². The highest BCUT2D eigenvalue weighted by atomic mass is 19.1. The maximum Gasteiger partial charge on any atom is 0.322 e. The van der Waals surface area contributed by atoms with E-state index in [-0.39, 0.29) is 29.8 Å². The number of hydrogen-bond donors (Lipinski definition) is 1. The van der Waals surface area contributed by atoms with Gasteiger partial charge in [-0.3, -0.25) is 0 Å². The van der Waals surface area contributed by atoms with Gasteiger partial charge in [0.1, 0.15) is 11.5 Å². The Kier molecular flexibility index (Phi) is 4.91. The Morgan fingerprint density at radius 3 is 2.39 bits per heavy atom. The van der Waals surface area contributed by atoms with Crippen LogP contribution in [-0.4, -0.2) is 30.1 Å². The molecule has 1 atom stereocenters. The van der Waals surface area contributed by atoms with Crippen LogP contribution in [0, 0.1) is 17.5 Å². The maximum atomic E-state index is 14.5. The third-order valence-corrected chi connectivity index (χ3v) is 5.51. The Hall–Kier alpha value is -2.70. The molecule has 0 radical (unpaired) electrons. The number of anilines is 2. The normalized spacial score (nSPS) is 18.9. The van der Waals surface area contributed by atoms with Crippen molar-refractivity contribution in [1.29, 1.82) is 0 Å². The molecule has 148 valence electrons. The van der Waals surface area contributed by atoms with E-state index in [1.54, 1.807) is 15.9 Å². The number of amides is 2.